The summed E-state index contributed by atoms with van der Waals surface area (Å²) < 4.78 is 1.24. The van der Waals surface area contributed by atoms with Crippen LogP contribution < -0.4 is 5.11 Å². The molecule has 0 saturated carbocycles. The molecule has 0 aliphatic rings. The minimum Gasteiger partial charge on any atom is -0.550 e. The van der Waals surface area contributed by atoms with Gasteiger partial charge in [0.2, 0.25) is 0 Å². The van der Waals surface area contributed by atoms with Gasteiger partial charge in [0.15, 0.2) is 0 Å². The smallest absolute Gasteiger partial charge is 0.0782 e. The molecule has 4 heteroatoms. The highest BCUT2D eigenvalue weighted by molar-refractivity contribution is 5.67. The van der Waals surface area contributed by atoms with Crippen molar-refractivity contribution in [1.29, 1.82) is 0 Å². The highest BCUT2D eigenvalue weighted by Gasteiger charge is 2.13. The molecule has 0 heterocycles. The Morgan fingerprint density at radius 1 is 0.588 bits per heavy atom. The van der Waals surface area contributed by atoms with Crippen molar-refractivity contribution in [2.24, 2.45) is 5.92 Å². The zero-order chi connectivity index (χ0) is 25.2. The number of carboxylic acid groups (broad SMARTS) is 1. The monoisotopic (exact) mass is 487 g/mol. The van der Waals surface area contributed by atoms with Crippen LogP contribution in [0.5, 0.6) is 0 Å². The fourth-order valence-corrected chi connectivity index (χ4v) is 4.40. The molecule has 0 aromatic heterocycles. The van der Waals surface area contributed by atoms with E-state index < -0.39 is 5.97 Å². The number of aliphatic carboxylic acids is 1. The summed E-state index contributed by atoms with van der Waals surface area (Å²) in [6.45, 7) is 11.3. The van der Waals surface area contributed by atoms with Gasteiger partial charge in [0.25, 0.3) is 0 Å². The van der Waals surface area contributed by atoms with Gasteiger partial charge in [0.05, 0.1) is 27.2 Å². The molecule has 208 valence electrons. The Morgan fingerprint density at radius 3 is 1.21 bits per heavy atom. The number of carboxylic acids is 1. The van der Waals surface area contributed by atoms with E-state index in [-0.39, 0.29) is 11.4 Å². The van der Waals surface area contributed by atoms with Crippen LogP contribution in [0, 0.1) is 5.92 Å². The maximum Gasteiger partial charge on any atom is 0.0782 e. The van der Waals surface area contributed by atoms with Crippen molar-refractivity contribution >= 4 is 5.97 Å². The minimum absolute atomic E-state index is 0. The number of hydrogen-bond acceptors (Lipinski definition) is 2. The van der Waals surface area contributed by atoms with Gasteiger partial charge in [-0.05, 0) is 44.4 Å². The molecular formula is C30H65NO3. The van der Waals surface area contributed by atoms with Crippen molar-refractivity contribution in [3.8, 4) is 0 Å². The molecule has 4 nitrogen and oxygen atoms in total. The van der Waals surface area contributed by atoms with Crippen LogP contribution in [0.3, 0.4) is 0 Å². The van der Waals surface area contributed by atoms with Gasteiger partial charge in [-0.15, -0.1) is 0 Å². The summed E-state index contributed by atoms with van der Waals surface area (Å²) in [7, 11) is 4.87. The number of hydrogen-bond donors (Lipinski definition) is 0. The number of quaternary nitrogens is 1. The summed E-state index contributed by atoms with van der Waals surface area (Å²) >= 11 is 0. The maximum absolute atomic E-state index is 10.3. The van der Waals surface area contributed by atoms with Crippen molar-refractivity contribution in [3.63, 3.8) is 0 Å². The van der Waals surface area contributed by atoms with Crippen LogP contribution >= 0.6 is 0 Å². The van der Waals surface area contributed by atoms with Gasteiger partial charge in [0, 0.05) is 5.97 Å². The van der Waals surface area contributed by atoms with Gasteiger partial charge in [-0.25, -0.2) is 0 Å². The molecule has 0 aromatic carbocycles. The van der Waals surface area contributed by atoms with Gasteiger partial charge in [-0.1, -0.05) is 118 Å². The standard InChI is InChI=1S/C22H48N.C8H16O2.H2O/c1-5-7-9-11-13-15-17-19-21-23(3,4)22-20-18-16-14-12-10-8-6-2;1-3-5-6-7(4-2)8(9)10;/h5-22H2,1-4H3;7H,3-6H2,1-2H3,(H,9,10);1H2/q+1;;/p-1. The van der Waals surface area contributed by atoms with E-state index in [0.29, 0.717) is 6.42 Å². The summed E-state index contributed by atoms with van der Waals surface area (Å²) in [4.78, 5) is 10.3. The Kier molecular flexibility index (Phi) is 31.9. The Hall–Kier alpha value is -0.610. The van der Waals surface area contributed by atoms with Crippen LogP contribution in [-0.4, -0.2) is 43.1 Å². The summed E-state index contributed by atoms with van der Waals surface area (Å²) in [5, 5.41) is 10.3. The molecule has 34 heavy (non-hydrogen) atoms. The van der Waals surface area contributed by atoms with E-state index in [0.717, 1.165) is 19.3 Å². The van der Waals surface area contributed by atoms with Crippen molar-refractivity contribution in [2.45, 2.75) is 156 Å². The van der Waals surface area contributed by atoms with Gasteiger partial charge in [-0.3, -0.25) is 0 Å². The van der Waals surface area contributed by atoms with Gasteiger partial charge in [-0.2, -0.15) is 0 Å². The average Bonchev–Trinajstić information content (AvgIpc) is 2.78. The topological polar surface area (TPSA) is 71.6 Å². The number of carbonyl (C=O) groups excluding carboxylic acids is 1. The molecule has 0 aliphatic carbocycles. The second-order valence-corrected chi connectivity index (χ2v) is 10.9. The summed E-state index contributed by atoms with van der Waals surface area (Å²) in [5.74, 6) is -1.11. The van der Waals surface area contributed by atoms with Crippen molar-refractivity contribution in [3.05, 3.63) is 0 Å². The first-order valence-corrected chi connectivity index (χ1v) is 14.9. The third-order valence-electron chi connectivity index (χ3n) is 6.97. The van der Waals surface area contributed by atoms with Crippen LogP contribution in [0.4, 0.5) is 0 Å². The van der Waals surface area contributed by atoms with E-state index in [1.54, 1.807) is 0 Å². The van der Waals surface area contributed by atoms with Crippen LogP contribution in [0.25, 0.3) is 0 Å². The first-order chi connectivity index (χ1) is 15.8. The van der Waals surface area contributed by atoms with Crippen LogP contribution in [0.1, 0.15) is 156 Å². The molecule has 0 rings (SSSR count). The van der Waals surface area contributed by atoms with Crippen LogP contribution in [0.2, 0.25) is 0 Å². The predicted molar refractivity (Wildman–Crippen MR) is 149 cm³/mol. The molecule has 0 aromatic rings. The fourth-order valence-electron chi connectivity index (χ4n) is 4.40. The second-order valence-electron chi connectivity index (χ2n) is 10.9. The van der Waals surface area contributed by atoms with Gasteiger partial charge < -0.3 is 19.9 Å². The molecule has 0 amide bonds. The zero-order valence-electron chi connectivity index (χ0n) is 24.4. The fraction of sp³-hybridized carbons (Fsp3) is 0.967. The lowest BCUT2D eigenvalue weighted by atomic mass is 10.00. The Balaban J connectivity index is -0.000000736. The number of rotatable bonds is 23. The second kappa shape index (κ2) is 28.6. The lowest BCUT2D eigenvalue weighted by Gasteiger charge is -2.30. The number of carbonyl (C=O) groups is 1. The lowest BCUT2D eigenvalue weighted by Crippen LogP contribution is -2.41. The molecule has 1 atom stereocenters. The largest absolute Gasteiger partial charge is 0.550 e. The molecule has 2 N–H and O–H groups in total. The predicted octanol–water partition coefficient (Wildman–Crippen LogP) is 7.47. The number of unbranched alkanes of at least 4 members (excludes halogenated alkanes) is 15. The SMILES string of the molecule is CCCCC(CC)C(=O)[O-].CCCCCCCCCC[N+](C)(C)CCCCCCCCCC.O. The minimum atomic E-state index is -0.893. The first-order valence-electron chi connectivity index (χ1n) is 14.9. The maximum atomic E-state index is 10.3. The van der Waals surface area contributed by atoms with E-state index in [4.69, 9.17) is 0 Å². The van der Waals surface area contributed by atoms with E-state index in [1.165, 1.54) is 120 Å². The third kappa shape index (κ3) is 29.4. The molecule has 0 radical (unpaired) electrons. The average molecular weight is 488 g/mol. The summed E-state index contributed by atoms with van der Waals surface area (Å²) in [6, 6.07) is 0. The molecule has 0 bridgehead atoms. The molecule has 0 saturated heterocycles. The molecule has 0 spiro atoms. The molecule has 0 aliphatic heterocycles. The Labute approximate surface area is 215 Å². The summed E-state index contributed by atoms with van der Waals surface area (Å²) in [5.41, 5.74) is 0. The summed E-state index contributed by atoms with van der Waals surface area (Å²) in [6.07, 6.45) is 26.6. The van der Waals surface area contributed by atoms with Crippen LogP contribution in [0.15, 0.2) is 0 Å². The van der Waals surface area contributed by atoms with Crippen molar-refractivity contribution < 1.29 is 19.9 Å². The van der Waals surface area contributed by atoms with Gasteiger partial charge >= 0.3 is 0 Å². The third-order valence-corrected chi connectivity index (χ3v) is 6.97. The Morgan fingerprint density at radius 2 is 0.912 bits per heavy atom. The highest BCUT2D eigenvalue weighted by Crippen LogP contribution is 2.13. The first kappa shape index (κ1) is 37.9. The lowest BCUT2D eigenvalue weighted by molar-refractivity contribution is -0.890. The van der Waals surface area contributed by atoms with Crippen molar-refractivity contribution in [2.75, 3.05) is 27.2 Å². The molecule has 1 unspecified atom stereocenters. The Bertz CT molecular complexity index is 377. The van der Waals surface area contributed by atoms with E-state index in [9.17, 15) is 9.90 Å². The van der Waals surface area contributed by atoms with E-state index >= 15 is 0 Å². The van der Waals surface area contributed by atoms with Gasteiger partial charge in [0.1, 0.15) is 0 Å². The highest BCUT2D eigenvalue weighted by atomic mass is 16.4. The quantitative estimate of drug-likeness (QED) is 0.111. The molecule has 0 fully saturated rings. The van der Waals surface area contributed by atoms with Crippen molar-refractivity contribution in [1.82, 2.24) is 0 Å². The van der Waals surface area contributed by atoms with E-state index in [1.807, 2.05) is 6.92 Å². The zero-order valence-corrected chi connectivity index (χ0v) is 24.4. The van der Waals surface area contributed by atoms with Crippen LogP contribution in [-0.2, 0) is 4.79 Å². The normalized spacial score (nSPS) is 11.9. The number of nitrogens with zero attached hydrogens (tertiary/aromatic N) is 1. The van der Waals surface area contributed by atoms with E-state index in [2.05, 4.69) is 34.9 Å². The molecular weight excluding hydrogens is 422 g/mol.